The average molecular weight is 381 g/mol. The van der Waals surface area contributed by atoms with Crippen LogP contribution in [0.25, 0.3) is 10.6 Å². The zero-order valence-corrected chi connectivity index (χ0v) is 14.8. The molecule has 0 bridgehead atoms. The number of carbonyl (C=O) groups excluding carboxylic acids is 1. The Hall–Kier alpha value is -1.96. The van der Waals surface area contributed by atoms with Crippen molar-refractivity contribution in [1.82, 2.24) is 14.9 Å². The molecular formula is C18H18F3N3OS. The third-order valence-corrected chi connectivity index (χ3v) is 5.72. The topological polar surface area (TPSA) is 46.1 Å². The van der Waals surface area contributed by atoms with Gasteiger partial charge in [-0.1, -0.05) is 6.07 Å². The third kappa shape index (κ3) is 3.60. The van der Waals surface area contributed by atoms with Crippen LogP contribution in [-0.2, 0) is 11.0 Å². The first-order valence-corrected chi connectivity index (χ1v) is 9.58. The normalized spacial score (nSPS) is 21.0. The highest BCUT2D eigenvalue weighted by molar-refractivity contribution is 7.13. The molecule has 3 heterocycles. The molecule has 2 aromatic heterocycles. The fourth-order valence-electron chi connectivity index (χ4n) is 3.32. The molecule has 2 fully saturated rings. The summed E-state index contributed by atoms with van der Waals surface area (Å²) in [6, 6.07) is 4.54. The largest absolute Gasteiger partial charge is 0.433 e. The van der Waals surface area contributed by atoms with Gasteiger partial charge in [0.15, 0.2) is 0 Å². The predicted molar refractivity (Wildman–Crippen MR) is 91.6 cm³/mol. The van der Waals surface area contributed by atoms with Crippen molar-refractivity contribution in [1.29, 1.82) is 0 Å². The van der Waals surface area contributed by atoms with Gasteiger partial charge in [0, 0.05) is 24.9 Å². The summed E-state index contributed by atoms with van der Waals surface area (Å²) in [7, 11) is 0. The van der Waals surface area contributed by atoms with Crippen molar-refractivity contribution in [3.8, 4) is 10.6 Å². The van der Waals surface area contributed by atoms with E-state index < -0.39 is 11.9 Å². The molecule has 0 radical (unpaired) electrons. The number of likely N-dealkylation sites (tertiary alicyclic amines) is 1. The standard InChI is InChI=1S/C18H18F3N3OS/c19-18(20,21)15-9-13(14-4-2-8-26-14)22-16(23-15)12-3-1-7-24(10-12)17(25)11-5-6-11/h2,4,8-9,11-12H,1,3,5-7,10H2/t12-/m1/s1. The van der Waals surface area contributed by atoms with Crippen LogP contribution in [0.2, 0.25) is 0 Å². The first-order valence-electron chi connectivity index (χ1n) is 8.70. The fraction of sp³-hybridized carbons (Fsp3) is 0.500. The van der Waals surface area contributed by atoms with E-state index in [-0.39, 0.29) is 23.6 Å². The van der Waals surface area contributed by atoms with E-state index in [0.29, 0.717) is 30.1 Å². The predicted octanol–water partition coefficient (Wildman–Crippen LogP) is 4.34. The van der Waals surface area contributed by atoms with Crippen molar-refractivity contribution in [3.63, 3.8) is 0 Å². The molecule has 1 aliphatic heterocycles. The van der Waals surface area contributed by atoms with E-state index in [1.165, 1.54) is 11.3 Å². The molecular weight excluding hydrogens is 363 g/mol. The molecule has 0 spiro atoms. The molecule has 4 nitrogen and oxygen atoms in total. The van der Waals surface area contributed by atoms with Crippen molar-refractivity contribution in [3.05, 3.63) is 35.1 Å². The molecule has 0 unspecified atom stereocenters. The Morgan fingerprint density at radius 2 is 2.04 bits per heavy atom. The summed E-state index contributed by atoms with van der Waals surface area (Å²) in [4.78, 5) is 23.0. The Morgan fingerprint density at radius 3 is 2.69 bits per heavy atom. The maximum atomic E-state index is 13.3. The van der Waals surface area contributed by atoms with Gasteiger partial charge in [-0.15, -0.1) is 11.3 Å². The lowest BCUT2D eigenvalue weighted by Crippen LogP contribution is -2.40. The number of rotatable bonds is 3. The molecule has 2 aliphatic rings. The van der Waals surface area contributed by atoms with Gasteiger partial charge in [0.2, 0.25) is 5.91 Å². The molecule has 0 aromatic carbocycles. The SMILES string of the molecule is O=C(C1CC1)N1CCC[C@@H](c2nc(-c3cccs3)cc(C(F)(F)F)n2)C1. The molecule has 0 N–H and O–H groups in total. The summed E-state index contributed by atoms with van der Waals surface area (Å²) in [5, 5.41) is 1.81. The number of alkyl halides is 3. The van der Waals surface area contributed by atoms with Crippen LogP contribution in [0.4, 0.5) is 13.2 Å². The molecule has 1 saturated carbocycles. The second kappa shape index (κ2) is 6.64. The Kier molecular flexibility index (Phi) is 4.46. The van der Waals surface area contributed by atoms with Crippen molar-refractivity contribution in [2.45, 2.75) is 37.8 Å². The van der Waals surface area contributed by atoms with Crippen molar-refractivity contribution in [2.75, 3.05) is 13.1 Å². The van der Waals surface area contributed by atoms with Gasteiger partial charge in [0.05, 0.1) is 10.6 Å². The van der Waals surface area contributed by atoms with E-state index >= 15 is 0 Å². The Bertz CT molecular complexity index is 803. The lowest BCUT2D eigenvalue weighted by Gasteiger charge is -2.32. The van der Waals surface area contributed by atoms with Crippen LogP contribution < -0.4 is 0 Å². The molecule has 1 saturated heterocycles. The highest BCUT2D eigenvalue weighted by atomic mass is 32.1. The first kappa shape index (κ1) is 17.5. The van der Waals surface area contributed by atoms with Gasteiger partial charge in [-0.3, -0.25) is 4.79 Å². The highest BCUT2D eigenvalue weighted by Gasteiger charge is 2.38. The number of thiophene rings is 1. The second-order valence-electron chi connectivity index (χ2n) is 6.87. The molecule has 8 heteroatoms. The van der Waals surface area contributed by atoms with Gasteiger partial charge in [0.25, 0.3) is 0 Å². The van der Waals surface area contributed by atoms with E-state index in [1.807, 2.05) is 0 Å². The zero-order valence-electron chi connectivity index (χ0n) is 14.0. The van der Waals surface area contributed by atoms with E-state index in [4.69, 9.17) is 0 Å². The van der Waals surface area contributed by atoms with Crippen molar-refractivity contribution in [2.24, 2.45) is 5.92 Å². The summed E-state index contributed by atoms with van der Waals surface area (Å²) in [6.45, 7) is 1.07. The monoisotopic (exact) mass is 381 g/mol. The van der Waals surface area contributed by atoms with E-state index in [9.17, 15) is 18.0 Å². The minimum Gasteiger partial charge on any atom is -0.342 e. The van der Waals surface area contributed by atoms with Crippen LogP contribution in [0.3, 0.4) is 0 Å². The Labute approximate surface area is 153 Å². The number of nitrogens with zero attached hydrogens (tertiary/aromatic N) is 3. The maximum absolute atomic E-state index is 13.3. The van der Waals surface area contributed by atoms with Crippen LogP contribution in [-0.4, -0.2) is 33.9 Å². The minimum absolute atomic E-state index is 0.109. The second-order valence-corrected chi connectivity index (χ2v) is 7.82. The fourth-order valence-corrected chi connectivity index (χ4v) is 4.01. The van der Waals surface area contributed by atoms with Gasteiger partial charge < -0.3 is 4.90 Å². The molecule has 2 aromatic rings. The first-order chi connectivity index (χ1) is 12.4. The van der Waals surface area contributed by atoms with Crippen molar-refractivity contribution >= 4 is 17.2 Å². The summed E-state index contributed by atoms with van der Waals surface area (Å²) >= 11 is 1.35. The summed E-state index contributed by atoms with van der Waals surface area (Å²) in [5.41, 5.74) is -0.625. The number of piperidine rings is 1. The highest BCUT2D eigenvalue weighted by Crippen LogP contribution is 2.36. The smallest absolute Gasteiger partial charge is 0.342 e. The third-order valence-electron chi connectivity index (χ3n) is 4.83. The molecule has 1 atom stereocenters. The minimum atomic E-state index is -4.53. The molecule has 1 amide bonds. The Balaban J connectivity index is 1.66. The molecule has 1 aliphatic carbocycles. The number of carbonyl (C=O) groups is 1. The number of aromatic nitrogens is 2. The van der Waals surface area contributed by atoms with Crippen LogP contribution in [0.5, 0.6) is 0 Å². The maximum Gasteiger partial charge on any atom is 0.433 e. The molecule has 138 valence electrons. The van der Waals surface area contributed by atoms with Crippen LogP contribution in [0.15, 0.2) is 23.6 Å². The van der Waals surface area contributed by atoms with Gasteiger partial charge in [-0.2, -0.15) is 13.2 Å². The number of halogens is 3. The van der Waals surface area contributed by atoms with Gasteiger partial charge in [-0.05, 0) is 43.2 Å². The average Bonchev–Trinajstić information content (AvgIpc) is 3.34. The Morgan fingerprint density at radius 1 is 1.23 bits per heavy atom. The van der Waals surface area contributed by atoms with E-state index in [2.05, 4.69) is 9.97 Å². The van der Waals surface area contributed by atoms with Gasteiger partial charge >= 0.3 is 6.18 Å². The number of amides is 1. The van der Waals surface area contributed by atoms with E-state index in [1.54, 1.807) is 22.4 Å². The number of hydrogen-bond acceptors (Lipinski definition) is 4. The summed E-state index contributed by atoms with van der Waals surface area (Å²) in [6.07, 6.45) is -1.23. The quantitative estimate of drug-likeness (QED) is 0.795. The molecule has 26 heavy (non-hydrogen) atoms. The van der Waals surface area contributed by atoms with Gasteiger partial charge in [-0.25, -0.2) is 9.97 Å². The summed E-state index contributed by atoms with van der Waals surface area (Å²) < 4.78 is 40.0. The lowest BCUT2D eigenvalue weighted by molar-refractivity contribution is -0.141. The lowest BCUT2D eigenvalue weighted by atomic mass is 9.96. The van der Waals surface area contributed by atoms with E-state index in [0.717, 1.165) is 25.3 Å². The van der Waals surface area contributed by atoms with Gasteiger partial charge in [0.1, 0.15) is 11.5 Å². The molecule has 4 rings (SSSR count). The van der Waals surface area contributed by atoms with Crippen molar-refractivity contribution < 1.29 is 18.0 Å². The zero-order chi connectivity index (χ0) is 18.3. The summed E-state index contributed by atoms with van der Waals surface area (Å²) in [5.74, 6) is 0.169. The van der Waals surface area contributed by atoms with Crippen LogP contribution in [0.1, 0.15) is 43.1 Å². The number of hydrogen-bond donors (Lipinski definition) is 0. The van der Waals surface area contributed by atoms with Crippen LogP contribution >= 0.6 is 11.3 Å². The van der Waals surface area contributed by atoms with Crippen LogP contribution in [0, 0.1) is 5.92 Å².